The molecule has 2 saturated heterocycles. The minimum Gasteiger partial charge on any atom is -0.342 e. The molecule has 5 nitrogen and oxygen atoms in total. The van der Waals surface area contributed by atoms with Gasteiger partial charge in [-0.3, -0.25) is 14.5 Å². The van der Waals surface area contributed by atoms with E-state index in [-0.39, 0.29) is 18.4 Å². The van der Waals surface area contributed by atoms with Gasteiger partial charge in [-0.25, -0.2) is 8.78 Å². The number of hydrogen-bond acceptors (Lipinski definition) is 3. The lowest BCUT2D eigenvalue weighted by molar-refractivity contribution is -0.136. The van der Waals surface area contributed by atoms with Crippen LogP contribution in [0.3, 0.4) is 0 Å². The number of carbonyl (C=O) groups excluding carboxylic acids is 2. The van der Waals surface area contributed by atoms with Crippen molar-refractivity contribution in [3.05, 3.63) is 29.8 Å². The summed E-state index contributed by atoms with van der Waals surface area (Å²) in [5, 5.41) is 2.30. The number of nitrogens with one attached hydrogen (secondary N) is 1. The van der Waals surface area contributed by atoms with Crippen LogP contribution in [0.2, 0.25) is 0 Å². The van der Waals surface area contributed by atoms with E-state index in [0.29, 0.717) is 13.1 Å². The molecule has 1 aromatic carbocycles. The second-order valence-electron chi connectivity index (χ2n) is 6.73. The van der Waals surface area contributed by atoms with E-state index >= 15 is 0 Å². The average molecular weight is 351 g/mol. The van der Waals surface area contributed by atoms with Gasteiger partial charge < -0.3 is 10.2 Å². The Morgan fingerprint density at radius 2 is 1.64 bits per heavy atom. The van der Waals surface area contributed by atoms with Crippen molar-refractivity contribution < 1.29 is 18.4 Å². The lowest BCUT2D eigenvalue weighted by Crippen LogP contribution is -2.44. The van der Waals surface area contributed by atoms with E-state index in [9.17, 15) is 18.4 Å². The number of carbonyl (C=O) groups is 2. The predicted molar refractivity (Wildman–Crippen MR) is 90.0 cm³/mol. The first-order valence-corrected chi connectivity index (χ1v) is 8.79. The topological polar surface area (TPSA) is 52.7 Å². The van der Waals surface area contributed by atoms with E-state index in [1.54, 1.807) is 0 Å². The van der Waals surface area contributed by atoms with Crippen LogP contribution in [0.15, 0.2) is 18.2 Å². The molecule has 7 heteroatoms. The Morgan fingerprint density at radius 3 is 2.24 bits per heavy atom. The van der Waals surface area contributed by atoms with E-state index in [2.05, 4.69) is 5.32 Å². The predicted octanol–water partition coefficient (Wildman–Crippen LogP) is 2.24. The third-order valence-electron chi connectivity index (χ3n) is 4.95. The monoisotopic (exact) mass is 351 g/mol. The number of halogens is 2. The molecule has 2 amide bonds. The SMILES string of the molecule is O=C(CN1CCC(C(=O)N2CCCC2)CC1)Nc1c(F)cccc1F. The van der Waals surface area contributed by atoms with Crippen molar-refractivity contribution in [2.24, 2.45) is 5.92 Å². The zero-order valence-corrected chi connectivity index (χ0v) is 14.1. The summed E-state index contributed by atoms with van der Waals surface area (Å²) in [6.07, 6.45) is 3.60. The fourth-order valence-corrected chi connectivity index (χ4v) is 3.53. The highest BCUT2D eigenvalue weighted by Crippen LogP contribution is 2.22. The molecule has 2 aliphatic heterocycles. The van der Waals surface area contributed by atoms with Gasteiger partial charge in [0.05, 0.1) is 6.54 Å². The van der Waals surface area contributed by atoms with Gasteiger partial charge in [0, 0.05) is 19.0 Å². The number of benzene rings is 1. The minimum atomic E-state index is -0.789. The minimum absolute atomic E-state index is 0.0291. The zero-order chi connectivity index (χ0) is 17.8. The van der Waals surface area contributed by atoms with Gasteiger partial charge in [0.15, 0.2) is 0 Å². The molecule has 0 aromatic heterocycles. The molecule has 0 unspecified atom stereocenters. The molecular weight excluding hydrogens is 328 g/mol. The second kappa shape index (κ2) is 7.91. The summed E-state index contributed by atoms with van der Waals surface area (Å²) < 4.78 is 27.1. The number of likely N-dealkylation sites (tertiary alicyclic amines) is 2. The third-order valence-corrected chi connectivity index (χ3v) is 4.95. The van der Waals surface area contributed by atoms with Crippen molar-refractivity contribution in [3.63, 3.8) is 0 Å². The summed E-state index contributed by atoms with van der Waals surface area (Å²) in [7, 11) is 0. The second-order valence-corrected chi connectivity index (χ2v) is 6.73. The van der Waals surface area contributed by atoms with E-state index in [1.165, 1.54) is 6.07 Å². The quantitative estimate of drug-likeness (QED) is 0.905. The highest BCUT2D eigenvalue weighted by atomic mass is 19.1. The number of piperidine rings is 1. The van der Waals surface area contributed by atoms with Crippen molar-refractivity contribution in [2.45, 2.75) is 25.7 Å². The Balaban J connectivity index is 1.47. The molecule has 136 valence electrons. The van der Waals surface area contributed by atoms with Gasteiger partial charge in [0.25, 0.3) is 0 Å². The lowest BCUT2D eigenvalue weighted by atomic mass is 9.95. The maximum atomic E-state index is 13.6. The molecule has 0 spiro atoms. The van der Waals surface area contributed by atoms with Gasteiger partial charge in [0.2, 0.25) is 11.8 Å². The van der Waals surface area contributed by atoms with Crippen LogP contribution in [0, 0.1) is 17.6 Å². The van der Waals surface area contributed by atoms with Crippen molar-refractivity contribution >= 4 is 17.5 Å². The first-order chi connectivity index (χ1) is 12.0. The standard InChI is InChI=1S/C18H23F2N3O2/c19-14-4-3-5-15(20)17(14)21-16(24)12-22-10-6-13(7-11-22)18(25)23-8-1-2-9-23/h3-5,13H,1-2,6-12H2,(H,21,24). The first kappa shape index (κ1) is 17.8. The average Bonchev–Trinajstić information content (AvgIpc) is 3.13. The van der Waals surface area contributed by atoms with Gasteiger partial charge in [-0.15, -0.1) is 0 Å². The van der Waals surface area contributed by atoms with E-state index in [0.717, 1.165) is 50.9 Å². The number of nitrogens with zero attached hydrogens (tertiary/aromatic N) is 2. The highest BCUT2D eigenvalue weighted by Gasteiger charge is 2.30. The van der Waals surface area contributed by atoms with Crippen LogP contribution >= 0.6 is 0 Å². The number of hydrogen-bond donors (Lipinski definition) is 1. The van der Waals surface area contributed by atoms with Crippen LogP contribution in [0.25, 0.3) is 0 Å². The van der Waals surface area contributed by atoms with Gasteiger partial charge in [0.1, 0.15) is 17.3 Å². The Morgan fingerprint density at radius 1 is 1.04 bits per heavy atom. The molecule has 0 atom stereocenters. The summed E-state index contributed by atoms with van der Waals surface area (Å²) in [5.41, 5.74) is -0.411. The van der Waals surface area contributed by atoms with Crippen LogP contribution in [0.4, 0.5) is 14.5 Å². The first-order valence-electron chi connectivity index (χ1n) is 8.79. The molecular formula is C18H23F2N3O2. The molecule has 2 fully saturated rings. The smallest absolute Gasteiger partial charge is 0.238 e. The number of para-hydroxylation sites is 1. The maximum absolute atomic E-state index is 13.6. The van der Waals surface area contributed by atoms with Crippen LogP contribution < -0.4 is 5.32 Å². The number of rotatable bonds is 4. The maximum Gasteiger partial charge on any atom is 0.238 e. The fraction of sp³-hybridized carbons (Fsp3) is 0.556. The van der Waals surface area contributed by atoms with E-state index in [4.69, 9.17) is 0 Å². The summed E-state index contributed by atoms with van der Waals surface area (Å²) in [6, 6.07) is 3.46. The summed E-state index contributed by atoms with van der Waals surface area (Å²) in [4.78, 5) is 28.3. The lowest BCUT2D eigenvalue weighted by Gasteiger charge is -2.32. The molecule has 1 aromatic rings. The van der Waals surface area contributed by atoms with Gasteiger partial charge in [-0.2, -0.15) is 0 Å². The molecule has 2 aliphatic rings. The van der Waals surface area contributed by atoms with Gasteiger partial charge in [-0.1, -0.05) is 6.07 Å². The van der Waals surface area contributed by atoms with Crippen LogP contribution in [-0.4, -0.2) is 54.3 Å². The molecule has 25 heavy (non-hydrogen) atoms. The fourth-order valence-electron chi connectivity index (χ4n) is 3.53. The molecule has 0 saturated carbocycles. The van der Waals surface area contributed by atoms with Crippen LogP contribution in [-0.2, 0) is 9.59 Å². The summed E-state index contributed by atoms with van der Waals surface area (Å²) in [5.74, 6) is -1.77. The van der Waals surface area contributed by atoms with E-state index < -0.39 is 23.2 Å². The van der Waals surface area contributed by atoms with Crippen molar-refractivity contribution in [3.8, 4) is 0 Å². The van der Waals surface area contributed by atoms with Crippen molar-refractivity contribution in [1.82, 2.24) is 9.80 Å². The van der Waals surface area contributed by atoms with Gasteiger partial charge >= 0.3 is 0 Å². The van der Waals surface area contributed by atoms with Crippen molar-refractivity contribution in [2.75, 3.05) is 38.0 Å². The Bertz CT molecular complexity index is 619. The van der Waals surface area contributed by atoms with Crippen molar-refractivity contribution in [1.29, 1.82) is 0 Å². The molecule has 2 heterocycles. The Labute approximate surface area is 146 Å². The molecule has 0 aliphatic carbocycles. The third kappa shape index (κ3) is 4.34. The summed E-state index contributed by atoms with van der Waals surface area (Å²) >= 11 is 0. The van der Waals surface area contributed by atoms with E-state index in [1.807, 2.05) is 9.80 Å². The normalized spacial score (nSPS) is 19.2. The zero-order valence-electron chi connectivity index (χ0n) is 14.1. The molecule has 0 bridgehead atoms. The summed E-state index contributed by atoms with van der Waals surface area (Å²) in [6.45, 7) is 3.05. The molecule has 3 rings (SSSR count). The molecule has 0 radical (unpaired) electrons. The number of amides is 2. The Hall–Kier alpha value is -2.02. The largest absolute Gasteiger partial charge is 0.342 e. The van der Waals surface area contributed by atoms with Crippen LogP contribution in [0.1, 0.15) is 25.7 Å². The molecule has 1 N–H and O–H groups in total. The van der Waals surface area contributed by atoms with Crippen LogP contribution in [0.5, 0.6) is 0 Å². The number of anilines is 1. The highest BCUT2D eigenvalue weighted by molar-refractivity contribution is 5.92. The Kier molecular flexibility index (Phi) is 5.63. The van der Waals surface area contributed by atoms with Gasteiger partial charge in [-0.05, 0) is 50.9 Å².